The van der Waals surface area contributed by atoms with Crippen molar-refractivity contribution in [2.24, 2.45) is 7.05 Å². The maximum absolute atomic E-state index is 12.4. The average Bonchev–Trinajstić information content (AvgIpc) is 3.00. The van der Waals surface area contributed by atoms with Gasteiger partial charge in [-0.25, -0.2) is 0 Å². The van der Waals surface area contributed by atoms with Gasteiger partial charge in [0.05, 0.1) is 23.2 Å². The highest BCUT2D eigenvalue weighted by molar-refractivity contribution is 8.00. The van der Waals surface area contributed by atoms with Crippen LogP contribution in [0.25, 0.3) is 5.57 Å². The molecular formula is C15H19N3O3S. The Kier molecular flexibility index (Phi) is 4.24. The number of amides is 1. The number of rotatable bonds is 5. The highest BCUT2D eigenvalue weighted by Gasteiger charge is 2.39. The number of carbonyl (C=O) groups excluding carboxylic acids is 1. The first-order valence-electron chi connectivity index (χ1n) is 7.36. The van der Waals surface area contributed by atoms with Crippen molar-refractivity contribution in [3.8, 4) is 0 Å². The zero-order valence-electron chi connectivity index (χ0n) is 12.4. The van der Waals surface area contributed by atoms with Gasteiger partial charge in [-0.2, -0.15) is 5.10 Å². The van der Waals surface area contributed by atoms with Gasteiger partial charge in [-0.3, -0.25) is 14.3 Å². The first kappa shape index (κ1) is 15.1. The Morgan fingerprint density at radius 3 is 2.86 bits per heavy atom. The zero-order valence-corrected chi connectivity index (χ0v) is 13.3. The Bertz CT molecular complexity index is 625. The fraction of sp³-hybridized carbons (Fsp3) is 0.533. The molecule has 0 aliphatic carbocycles. The van der Waals surface area contributed by atoms with E-state index < -0.39 is 5.97 Å². The Labute approximate surface area is 133 Å². The molecule has 2 bridgehead atoms. The number of carbonyl (C=O) groups is 2. The third kappa shape index (κ3) is 2.90. The van der Waals surface area contributed by atoms with Crippen LogP contribution in [0.3, 0.4) is 0 Å². The largest absolute Gasteiger partial charge is 0.481 e. The number of hydrogen-bond donors (Lipinski definition) is 1. The molecule has 0 aromatic carbocycles. The van der Waals surface area contributed by atoms with Crippen molar-refractivity contribution in [1.82, 2.24) is 14.7 Å². The van der Waals surface area contributed by atoms with Gasteiger partial charge in [0.2, 0.25) is 5.91 Å². The van der Waals surface area contributed by atoms with E-state index in [2.05, 4.69) is 11.2 Å². The van der Waals surface area contributed by atoms with E-state index in [1.54, 1.807) is 6.20 Å². The number of carboxylic acid groups (broad SMARTS) is 1. The topological polar surface area (TPSA) is 75.4 Å². The number of fused-ring (bicyclic) bond motifs is 2. The van der Waals surface area contributed by atoms with Crippen molar-refractivity contribution >= 4 is 29.2 Å². The van der Waals surface area contributed by atoms with Gasteiger partial charge in [0, 0.05) is 19.3 Å². The molecule has 2 atom stereocenters. The van der Waals surface area contributed by atoms with Crippen LogP contribution in [0.4, 0.5) is 0 Å². The second-order valence-corrected chi connectivity index (χ2v) is 6.71. The normalized spacial score (nSPS) is 23.5. The van der Waals surface area contributed by atoms with E-state index in [4.69, 9.17) is 5.11 Å². The molecule has 118 valence electrons. The van der Waals surface area contributed by atoms with Crippen LogP contribution in [0.2, 0.25) is 0 Å². The lowest BCUT2D eigenvalue weighted by molar-refractivity contribution is -0.133. The second-order valence-electron chi connectivity index (χ2n) is 5.72. The van der Waals surface area contributed by atoms with Gasteiger partial charge in [0.25, 0.3) is 0 Å². The molecule has 1 fully saturated rings. The Balaban J connectivity index is 1.69. The predicted octanol–water partition coefficient (Wildman–Crippen LogP) is 1.38. The van der Waals surface area contributed by atoms with Crippen LogP contribution < -0.4 is 0 Å². The summed E-state index contributed by atoms with van der Waals surface area (Å²) in [5.41, 5.74) is 2.37. The predicted molar refractivity (Wildman–Crippen MR) is 84.4 cm³/mol. The minimum absolute atomic E-state index is 0.0228. The molecule has 6 nitrogen and oxygen atoms in total. The number of aromatic nitrogens is 2. The Hall–Kier alpha value is -1.76. The molecule has 1 aromatic heterocycles. The summed E-state index contributed by atoms with van der Waals surface area (Å²) in [6.45, 7) is 0. The molecular weight excluding hydrogens is 302 g/mol. The fourth-order valence-electron chi connectivity index (χ4n) is 3.40. The van der Waals surface area contributed by atoms with Gasteiger partial charge in [-0.1, -0.05) is 6.08 Å². The highest BCUT2D eigenvalue weighted by atomic mass is 32.2. The van der Waals surface area contributed by atoms with Crippen LogP contribution in [0.5, 0.6) is 0 Å². The number of nitrogens with zero attached hydrogens (tertiary/aromatic N) is 3. The monoisotopic (exact) mass is 321 g/mol. The van der Waals surface area contributed by atoms with Gasteiger partial charge in [-0.05, 0) is 30.9 Å². The van der Waals surface area contributed by atoms with Gasteiger partial charge >= 0.3 is 5.97 Å². The summed E-state index contributed by atoms with van der Waals surface area (Å²) in [6.07, 6.45) is 6.82. The quantitative estimate of drug-likeness (QED) is 0.887. The lowest BCUT2D eigenvalue weighted by Gasteiger charge is -2.34. The number of carboxylic acids is 1. The van der Waals surface area contributed by atoms with E-state index in [9.17, 15) is 9.59 Å². The summed E-state index contributed by atoms with van der Waals surface area (Å²) in [6, 6.07) is 2.38. The minimum Gasteiger partial charge on any atom is -0.481 e. The van der Waals surface area contributed by atoms with Gasteiger partial charge in [-0.15, -0.1) is 11.8 Å². The summed E-state index contributed by atoms with van der Waals surface area (Å²) in [7, 11) is 1.93. The molecule has 1 aromatic rings. The average molecular weight is 321 g/mol. The molecule has 0 radical (unpaired) electrons. The zero-order chi connectivity index (χ0) is 15.7. The molecule has 1 N–H and O–H groups in total. The van der Waals surface area contributed by atoms with Crippen molar-refractivity contribution in [1.29, 1.82) is 0 Å². The van der Waals surface area contributed by atoms with E-state index in [-0.39, 0.29) is 29.5 Å². The summed E-state index contributed by atoms with van der Waals surface area (Å²) in [5.74, 6) is -0.601. The SMILES string of the molecule is Cn1nccc1C1=CC2CCC(C1)N2C(=O)CSCC(=O)O. The summed E-state index contributed by atoms with van der Waals surface area (Å²) in [4.78, 5) is 24.9. The molecule has 0 saturated carbocycles. The van der Waals surface area contributed by atoms with Crippen molar-refractivity contribution in [3.63, 3.8) is 0 Å². The van der Waals surface area contributed by atoms with Crippen LogP contribution in [-0.2, 0) is 16.6 Å². The van der Waals surface area contributed by atoms with Crippen LogP contribution in [-0.4, -0.2) is 55.3 Å². The molecule has 2 aliphatic rings. The number of hydrogen-bond acceptors (Lipinski definition) is 4. The van der Waals surface area contributed by atoms with Gasteiger partial charge < -0.3 is 10.0 Å². The van der Waals surface area contributed by atoms with Crippen molar-refractivity contribution in [2.75, 3.05) is 11.5 Å². The fourth-order valence-corrected chi connectivity index (χ4v) is 4.00. The van der Waals surface area contributed by atoms with E-state index in [1.165, 1.54) is 17.3 Å². The Morgan fingerprint density at radius 1 is 1.41 bits per heavy atom. The van der Waals surface area contributed by atoms with E-state index in [1.807, 2.05) is 22.7 Å². The lowest BCUT2D eigenvalue weighted by Crippen LogP contribution is -2.44. The minimum atomic E-state index is -0.877. The molecule has 2 unspecified atom stereocenters. The molecule has 0 spiro atoms. The summed E-state index contributed by atoms with van der Waals surface area (Å²) in [5, 5.41) is 12.9. The first-order valence-corrected chi connectivity index (χ1v) is 8.51. The number of aryl methyl sites for hydroxylation is 1. The maximum Gasteiger partial charge on any atom is 0.313 e. The first-order chi connectivity index (χ1) is 10.6. The van der Waals surface area contributed by atoms with Crippen LogP contribution in [0.1, 0.15) is 25.0 Å². The van der Waals surface area contributed by atoms with E-state index >= 15 is 0 Å². The smallest absolute Gasteiger partial charge is 0.313 e. The second kappa shape index (κ2) is 6.16. The van der Waals surface area contributed by atoms with Crippen molar-refractivity contribution < 1.29 is 14.7 Å². The van der Waals surface area contributed by atoms with Crippen LogP contribution in [0.15, 0.2) is 18.3 Å². The third-order valence-electron chi connectivity index (χ3n) is 4.28. The molecule has 2 aliphatic heterocycles. The molecule has 3 rings (SSSR count). The maximum atomic E-state index is 12.4. The van der Waals surface area contributed by atoms with E-state index in [0.717, 1.165) is 25.0 Å². The Morgan fingerprint density at radius 2 is 2.23 bits per heavy atom. The van der Waals surface area contributed by atoms with E-state index in [0.29, 0.717) is 0 Å². The van der Waals surface area contributed by atoms with Crippen LogP contribution in [0, 0.1) is 0 Å². The standard InChI is InChI=1S/C15H19N3O3S/c1-17-13(4-5-16-17)10-6-11-2-3-12(7-10)18(11)14(19)8-22-9-15(20)21/h4-6,11-12H,2-3,7-9H2,1H3,(H,20,21). The van der Waals surface area contributed by atoms with Gasteiger partial charge in [0.15, 0.2) is 0 Å². The van der Waals surface area contributed by atoms with Crippen molar-refractivity contribution in [3.05, 3.63) is 24.0 Å². The number of thioether (sulfide) groups is 1. The molecule has 3 heterocycles. The number of aliphatic carboxylic acids is 1. The molecule has 1 saturated heterocycles. The van der Waals surface area contributed by atoms with Crippen molar-refractivity contribution in [2.45, 2.75) is 31.3 Å². The summed E-state index contributed by atoms with van der Waals surface area (Å²) >= 11 is 1.17. The molecule has 7 heteroatoms. The third-order valence-corrected chi connectivity index (χ3v) is 5.19. The molecule has 22 heavy (non-hydrogen) atoms. The van der Waals surface area contributed by atoms with Gasteiger partial charge in [0.1, 0.15) is 0 Å². The summed E-state index contributed by atoms with van der Waals surface area (Å²) < 4.78 is 1.87. The lowest BCUT2D eigenvalue weighted by atomic mass is 9.98. The van der Waals surface area contributed by atoms with Crippen LogP contribution >= 0.6 is 11.8 Å². The highest BCUT2D eigenvalue weighted by Crippen LogP contribution is 2.38. The molecule has 1 amide bonds.